The van der Waals surface area contributed by atoms with E-state index in [2.05, 4.69) is 17.6 Å². The van der Waals surface area contributed by atoms with Crippen LogP contribution in [0.4, 0.5) is 5.69 Å². The number of para-hydroxylation sites is 1. The molecule has 0 aromatic heterocycles. The van der Waals surface area contributed by atoms with Crippen molar-refractivity contribution >= 4 is 11.6 Å². The highest BCUT2D eigenvalue weighted by Gasteiger charge is 2.14. The monoisotopic (exact) mass is 266 g/mol. The highest BCUT2D eigenvalue weighted by Crippen LogP contribution is 2.20. The van der Waals surface area contributed by atoms with Gasteiger partial charge in [-0.25, -0.2) is 0 Å². The topological polar surface area (TPSA) is 41.1 Å². The molecule has 0 saturated carbocycles. The Bertz CT molecular complexity index is 649. The molecule has 0 atom stereocenters. The average Bonchev–Trinajstić information content (AvgIpc) is 2.95. The van der Waals surface area contributed by atoms with E-state index in [1.807, 2.05) is 42.5 Å². The SMILES string of the molecule is CCc1ccccc1NC(=O)c1ccc2c(c1)CNC2. The van der Waals surface area contributed by atoms with Crippen molar-refractivity contribution in [1.82, 2.24) is 5.32 Å². The van der Waals surface area contributed by atoms with E-state index in [9.17, 15) is 4.79 Å². The molecule has 1 amide bonds. The van der Waals surface area contributed by atoms with Crippen molar-refractivity contribution in [2.24, 2.45) is 0 Å². The van der Waals surface area contributed by atoms with Gasteiger partial charge in [0, 0.05) is 24.3 Å². The molecule has 0 spiro atoms. The van der Waals surface area contributed by atoms with E-state index in [-0.39, 0.29) is 5.91 Å². The highest BCUT2D eigenvalue weighted by atomic mass is 16.1. The molecule has 0 saturated heterocycles. The second-order valence-electron chi connectivity index (χ2n) is 5.05. The number of hydrogen-bond acceptors (Lipinski definition) is 2. The van der Waals surface area contributed by atoms with Gasteiger partial charge in [0.05, 0.1) is 0 Å². The maximum absolute atomic E-state index is 12.4. The van der Waals surface area contributed by atoms with E-state index >= 15 is 0 Å². The summed E-state index contributed by atoms with van der Waals surface area (Å²) >= 11 is 0. The normalized spacial score (nSPS) is 13.1. The van der Waals surface area contributed by atoms with Crippen LogP contribution in [-0.2, 0) is 19.5 Å². The number of rotatable bonds is 3. The van der Waals surface area contributed by atoms with Gasteiger partial charge >= 0.3 is 0 Å². The number of fused-ring (bicyclic) bond motifs is 1. The van der Waals surface area contributed by atoms with Gasteiger partial charge in [-0.1, -0.05) is 31.2 Å². The van der Waals surface area contributed by atoms with E-state index in [4.69, 9.17) is 0 Å². The first-order chi connectivity index (χ1) is 9.78. The van der Waals surface area contributed by atoms with Gasteiger partial charge in [0.2, 0.25) is 0 Å². The van der Waals surface area contributed by atoms with Gasteiger partial charge in [0.25, 0.3) is 5.91 Å². The van der Waals surface area contributed by atoms with Crippen LogP contribution in [0.3, 0.4) is 0 Å². The molecule has 2 N–H and O–H groups in total. The highest BCUT2D eigenvalue weighted by molar-refractivity contribution is 6.04. The van der Waals surface area contributed by atoms with Crippen LogP contribution >= 0.6 is 0 Å². The second kappa shape index (κ2) is 5.47. The Hall–Kier alpha value is -2.13. The van der Waals surface area contributed by atoms with Crippen molar-refractivity contribution in [3.63, 3.8) is 0 Å². The van der Waals surface area contributed by atoms with Gasteiger partial charge in [-0.2, -0.15) is 0 Å². The fourth-order valence-electron chi connectivity index (χ4n) is 2.58. The van der Waals surface area contributed by atoms with Crippen molar-refractivity contribution in [2.75, 3.05) is 5.32 Å². The van der Waals surface area contributed by atoms with Gasteiger partial charge in [0.1, 0.15) is 0 Å². The van der Waals surface area contributed by atoms with Crippen LogP contribution in [0.2, 0.25) is 0 Å². The summed E-state index contributed by atoms with van der Waals surface area (Å²) < 4.78 is 0. The summed E-state index contributed by atoms with van der Waals surface area (Å²) in [7, 11) is 0. The minimum atomic E-state index is -0.0411. The van der Waals surface area contributed by atoms with Crippen LogP contribution in [0.1, 0.15) is 34.0 Å². The summed E-state index contributed by atoms with van der Waals surface area (Å²) in [5, 5.41) is 6.30. The van der Waals surface area contributed by atoms with Gasteiger partial charge < -0.3 is 10.6 Å². The molecule has 0 radical (unpaired) electrons. The first kappa shape index (κ1) is 12.9. The number of carbonyl (C=O) groups is 1. The minimum Gasteiger partial charge on any atom is -0.322 e. The molecule has 1 aliphatic rings. The maximum Gasteiger partial charge on any atom is 0.255 e. The number of nitrogens with one attached hydrogen (secondary N) is 2. The predicted octanol–water partition coefficient (Wildman–Crippen LogP) is 3.10. The van der Waals surface area contributed by atoms with E-state index in [0.717, 1.165) is 36.3 Å². The molecule has 0 unspecified atom stereocenters. The van der Waals surface area contributed by atoms with Crippen molar-refractivity contribution in [2.45, 2.75) is 26.4 Å². The fraction of sp³-hybridized carbons (Fsp3) is 0.235. The predicted molar refractivity (Wildman–Crippen MR) is 80.8 cm³/mol. The van der Waals surface area contributed by atoms with Crippen LogP contribution in [0.5, 0.6) is 0 Å². The summed E-state index contributed by atoms with van der Waals surface area (Å²) in [6, 6.07) is 13.9. The maximum atomic E-state index is 12.4. The molecule has 1 aliphatic heterocycles. The zero-order chi connectivity index (χ0) is 13.9. The second-order valence-corrected chi connectivity index (χ2v) is 5.05. The number of amides is 1. The Morgan fingerprint density at radius 3 is 2.80 bits per heavy atom. The number of carbonyl (C=O) groups excluding carboxylic acids is 1. The van der Waals surface area contributed by atoms with Crippen molar-refractivity contribution in [3.05, 3.63) is 64.7 Å². The Morgan fingerprint density at radius 1 is 1.15 bits per heavy atom. The Balaban J connectivity index is 1.83. The van der Waals surface area contributed by atoms with Crippen LogP contribution in [0, 0.1) is 0 Å². The minimum absolute atomic E-state index is 0.0411. The molecule has 3 rings (SSSR count). The summed E-state index contributed by atoms with van der Waals surface area (Å²) in [6.45, 7) is 3.84. The van der Waals surface area contributed by atoms with Gasteiger partial charge in [-0.3, -0.25) is 4.79 Å². The van der Waals surface area contributed by atoms with Crippen LogP contribution in [-0.4, -0.2) is 5.91 Å². The molecule has 3 nitrogen and oxygen atoms in total. The number of benzene rings is 2. The van der Waals surface area contributed by atoms with E-state index in [1.54, 1.807) is 0 Å². The van der Waals surface area contributed by atoms with Crippen LogP contribution in [0.25, 0.3) is 0 Å². The standard InChI is InChI=1S/C17H18N2O/c1-2-12-5-3-4-6-16(12)19-17(20)13-7-8-14-10-18-11-15(14)9-13/h3-9,18H,2,10-11H2,1H3,(H,19,20). The first-order valence-corrected chi connectivity index (χ1v) is 6.99. The van der Waals surface area contributed by atoms with Gasteiger partial charge in [0.15, 0.2) is 0 Å². The molecule has 3 heteroatoms. The van der Waals surface area contributed by atoms with Crippen molar-refractivity contribution in [3.8, 4) is 0 Å². The molecule has 0 fully saturated rings. The Labute approximate surface area is 119 Å². The van der Waals surface area contributed by atoms with E-state index in [1.165, 1.54) is 11.1 Å². The number of aryl methyl sites for hydroxylation is 1. The molecule has 2 aromatic carbocycles. The van der Waals surface area contributed by atoms with E-state index < -0.39 is 0 Å². The lowest BCUT2D eigenvalue weighted by molar-refractivity contribution is 0.102. The Morgan fingerprint density at radius 2 is 1.95 bits per heavy atom. The third-order valence-corrected chi connectivity index (χ3v) is 3.75. The number of hydrogen-bond donors (Lipinski definition) is 2. The molecular formula is C17H18N2O. The van der Waals surface area contributed by atoms with Crippen LogP contribution < -0.4 is 10.6 Å². The third kappa shape index (κ3) is 2.45. The Kier molecular flexibility index (Phi) is 3.52. The zero-order valence-electron chi connectivity index (χ0n) is 11.6. The lowest BCUT2D eigenvalue weighted by Crippen LogP contribution is -2.13. The quantitative estimate of drug-likeness (QED) is 0.896. The van der Waals surface area contributed by atoms with Gasteiger partial charge in [-0.05, 0) is 41.3 Å². The summed E-state index contributed by atoms with van der Waals surface area (Å²) in [6.07, 6.45) is 0.907. The van der Waals surface area contributed by atoms with Crippen molar-refractivity contribution < 1.29 is 4.79 Å². The van der Waals surface area contributed by atoms with Crippen LogP contribution in [0.15, 0.2) is 42.5 Å². The summed E-state index contributed by atoms with van der Waals surface area (Å²) in [4.78, 5) is 12.4. The number of anilines is 1. The molecule has 0 bridgehead atoms. The third-order valence-electron chi connectivity index (χ3n) is 3.75. The van der Waals surface area contributed by atoms with Crippen molar-refractivity contribution in [1.29, 1.82) is 0 Å². The smallest absolute Gasteiger partial charge is 0.255 e. The largest absolute Gasteiger partial charge is 0.322 e. The van der Waals surface area contributed by atoms with E-state index in [0.29, 0.717) is 0 Å². The summed E-state index contributed by atoms with van der Waals surface area (Å²) in [5.74, 6) is -0.0411. The fourth-order valence-corrected chi connectivity index (χ4v) is 2.58. The lowest BCUT2D eigenvalue weighted by Gasteiger charge is -2.10. The molecule has 20 heavy (non-hydrogen) atoms. The lowest BCUT2D eigenvalue weighted by atomic mass is 10.1. The molecular weight excluding hydrogens is 248 g/mol. The average molecular weight is 266 g/mol. The molecule has 0 aliphatic carbocycles. The van der Waals surface area contributed by atoms with Gasteiger partial charge in [-0.15, -0.1) is 0 Å². The molecule has 2 aromatic rings. The molecule has 1 heterocycles. The first-order valence-electron chi connectivity index (χ1n) is 6.99. The zero-order valence-corrected chi connectivity index (χ0v) is 11.6. The summed E-state index contributed by atoms with van der Waals surface area (Å²) in [5.41, 5.74) is 5.29. The molecule has 102 valence electrons.